The highest BCUT2D eigenvalue weighted by atomic mass is 19.4. The van der Waals surface area contributed by atoms with Crippen LogP contribution in [0.15, 0.2) is 48.5 Å². The van der Waals surface area contributed by atoms with Crippen LogP contribution in [0.2, 0.25) is 0 Å². The van der Waals surface area contributed by atoms with Gasteiger partial charge in [-0.25, -0.2) is 9.07 Å². The van der Waals surface area contributed by atoms with E-state index in [-0.39, 0.29) is 37.4 Å². The predicted molar refractivity (Wildman–Crippen MR) is 146 cm³/mol. The lowest BCUT2D eigenvalue weighted by Crippen LogP contribution is -2.28. The van der Waals surface area contributed by atoms with Gasteiger partial charge >= 0.3 is 12.3 Å². The predicted octanol–water partition coefficient (Wildman–Crippen LogP) is 4.16. The minimum absolute atomic E-state index is 0.0496. The number of amides is 1. The Morgan fingerprint density at radius 1 is 1.09 bits per heavy atom. The van der Waals surface area contributed by atoms with Gasteiger partial charge in [0.15, 0.2) is 5.69 Å². The van der Waals surface area contributed by atoms with Crippen molar-refractivity contribution < 1.29 is 46.9 Å². The van der Waals surface area contributed by atoms with Gasteiger partial charge in [-0.2, -0.15) is 11.0 Å². The zero-order valence-corrected chi connectivity index (χ0v) is 23.8. The minimum atomic E-state index is -4.86. The molecule has 14 heteroatoms. The van der Waals surface area contributed by atoms with E-state index in [9.17, 15) is 37.4 Å². The summed E-state index contributed by atoms with van der Waals surface area (Å²) in [4.78, 5) is 30.4. The summed E-state index contributed by atoms with van der Waals surface area (Å²) in [5.74, 6) is 2.33. The normalized spacial score (nSPS) is 13.1. The van der Waals surface area contributed by atoms with Gasteiger partial charge in [0.25, 0.3) is 5.91 Å². The maximum absolute atomic E-state index is 13.7. The van der Waals surface area contributed by atoms with Crippen LogP contribution in [0.25, 0.3) is 5.69 Å². The molecule has 1 heterocycles. The second kappa shape index (κ2) is 14.4. The molecule has 43 heavy (non-hydrogen) atoms. The zero-order valence-electron chi connectivity index (χ0n) is 23.8. The monoisotopic (exact) mass is 610 g/mol. The largest absolute Gasteiger partial charge is 0.573 e. The number of benzene rings is 2. The van der Waals surface area contributed by atoms with Crippen LogP contribution in [-0.2, 0) is 22.6 Å². The van der Waals surface area contributed by atoms with Gasteiger partial charge in [-0.3, -0.25) is 9.59 Å². The van der Waals surface area contributed by atoms with Crippen molar-refractivity contribution in [1.29, 1.82) is 0 Å². The van der Waals surface area contributed by atoms with E-state index in [2.05, 4.69) is 14.7 Å². The fourth-order valence-corrected chi connectivity index (χ4v) is 4.69. The van der Waals surface area contributed by atoms with Crippen LogP contribution in [0.1, 0.15) is 66.3 Å². The molecule has 0 aliphatic rings. The van der Waals surface area contributed by atoms with E-state index >= 15 is 0 Å². The van der Waals surface area contributed by atoms with E-state index in [1.54, 1.807) is 6.07 Å². The number of carbonyl (C=O) groups is 2. The highest BCUT2D eigenvalue weighted by Gasteiger charge is 2.31. The number of ether oxygens (including phenoxy) is 1. The molecule has 2 atom stereocenters. The summed E-state index contributed by atoms with van der Waals surface area (Å²) in [6.45, 7) is 3.65. The van der Waals surface area contributed by atoms with Gasteiger partial charge in [-0.1, -0.05) is 26.0 Å². The highest BCUT2D eigenvalue weighted by Crippen LogP contribution is 2.30. The van der Waals surface area contributed by atoms with Crippen molar-refractivity contribution in [3.8, 4) is 11.4 Å². The molecule has 2 aromatic carbocycles. The van der Waals surface area contributed by atoms with Crippen LogP contribution in [0.3, 0.4) is 0 Å². The van der Waals surface area contributed by atoms with E-state index < -0.39 is 48.4 Å². The standard InChI is InChI=1S/C29H34F4N4O6/c1-17(2)26-24(12-11-21(38)14-22(39)15-25(40)43-34)37(20-9-7-19(30)8-10-20)35-27(26)28(41)36(3)16-18-5-4-6-23(13-18)42-29(31,32)33/h4-10,13,17,21-22,38-39H,11-12,14-16,34H2,1-3H3/t21-,22-/m1/s1. The number of halogens is 4. The first-order valence-corrected chi connectivity index (χ1v) is 13.4. The molecule has 0 saturated heterocycles. The fourth-order valence-electron chi connectivity index (χ4n) is 4.69. The van der Waals surface area contributed by atoms with E-state index in [0.29, 0.717) is 22.5 Å². The first-order chi connectivity index (χ1) is 20.2. The highest BCUT2D eigenvalue weighted by molar-refractivity contribution is 5.94. The van der Waals surface area contributed by atoms with Gasteiger partial charge in [0.05, 0.1) is 24.3 Å². The van der Waals surface area contributed by atoms with Crippen molar-refractivity contribution >= 4 is 11.9 Å². The average molecular weight is 611 g/mol. The van der Waals surface area contributed by atoms with Crippen LogP contribution in [0, 0.1) is 5.82 Å². The molecule has 3 aromatic rings. The Kier molecular flexibility index (Phi) is 11.2. The molecule has 234 valence electrons. The number of hydrogen-bond acceptors (Lipinski definition) is 8. The number of aliphatic hydroxyl groups is 2. The lowest BCUT2D eigenvalue weighted by atomic mass is 9.95. The molecular formula is C29H34F4N4O6. The summed E-state index contributed by atoms with van der Waals surface area (Å²) in [5.41, 5.74) is 2.06. The Labute approximate surface area is 245 Å². The maximum Gasteiger partial charge on any atom is 0.573 e. The number of aromatic nitrogens is 2. The quantitative estimate of drug-likeness (QED) is 0.194. The van der Waals surface area contributed by atoms with Crippen molar-refractivity contribution in [2.45, 2.75) is 70.6 Å². The minimum Gasteiger partial charge on any atom is -0.406 e. The molecule has 0 saturated carbocycles. The van der Waals surface area contributed by atoms with Gasteiger partial charge < -0.3 is 24.7 Å². The average Bonchev–Trinajstić information content (AvgIpc) is 3.30. The summed E-state index contributed by atoms with van der Waals surface area (Å²) in [5, 5.41) is 25.2. The van der Waals surface area contributed by atoms with Gasteiger partial charge in [-0.15, -0.1) is 13.2 Å². The molecule has 1 amide bonds. The Hall–Kier alpha value is -4.01. The number of aliphatic hydroxyl groups excluding tert-OH is 2. The molecule has 10 nitrogen and oxygen atoms in total. The van der Waals surface area contributed by atoms with Gasteiger partial charge in [0.2, 0.25) is 0 Å². The first-order valence-electron chi connectivity index (χ1n) is 13.4. The third kappa shape index (κ3) is 9.49. The van der Waals surface area contributed by atoms with E-state index in [4.69, 9.17) is 5.90 Å². The first kappa shape index (κ1) is 33.5. The van der Waals surface area contributed by atoms with Gasteiger partial charge in [0, 0.05) is 24.8 Å². The zero-order chi connectivity index (χ0) is 31.9. The van der Waals surface area contributed by atoms with Crippen LogP contribution in [0.4, 0.5) is 17.6 Å². The summed E-state index contributed by atoms with van der Waals surface area (Å²) in [6, 6.07) is 10.7. The van der Waals surface area contributed by atoms with E-state index in [1.165, 1.54) is 53.0 Å². The molecular weight excluding hydrogens is 576 g/mol. The molecule has 4 N–H and O–H groups in total. The van der Waals surface area contributed by atoms with E-state index in [0.717, 1.165) is 6.07 Å². The third-order valence-corrected chi connectivity index (χ3v) is 6.56. The second-order valence-electron chi connectivity index (χ2n) is 10.4. The molecule has 0 bridgehead atoms. The molecule has 0 spiro atoms. The Morgan fingerprint density at radius 3 is 2.37 bits per heavy atom. The molecule has 1 aromatic heterocycles. The van der Waals surface area contributed by atoms with Gasteiger partial charge in [0.1, 0.15) is 11.6 Å². The SMILES string of the molecule is CC(C)c1c(C(=O)N(C)Cc2cccc(OC(F)(F)F)c2)nn(-c2ccc(F)cc2)c1CC[C@@H](O)C[C@@H](O)CC(=O)ON. The molecule has 3 rings (SSSR count). The fraction of sp³-hybridized carbons (Fsp3) is 0.414. The van der Waals surface area contributed by atoms with Crippen molar-refractivity contribution in [1.82, 2.24) is 14.7 Å². The van der Waals surface area contributed by atoms with Gasteiger partial charge in [-0.05, 0) is 67.1 Å². The number of rotatable bonds is 13. The van der Waals surface area contributed by atoms with Crippen molar-refractivity contribution in [3.05, 3.63) is 76.9 Å². The number of hydrogen-bond donors (Lipinski definition) is 3. The maximum atomic E-state index is 13.7. The lowest BCUT2D eigenvalue weighted by Gasteiger charge is -2.19. The van der Waals surface area contributed by atoms with Crippen LogP contribution >= 0.6 is 0 Å². The number of nitrogens with zero attached hydrogens (tertiary/aromatic N) is 3. The second-order valence-corrected chi connectivity index (χ2v) is 10.4. The Bertz CT molecular complexity index is 1390. The van der Waals surface area contributed by atoms with Crippen LogP contribution < -0.4 is 10.6 Å². The lowest BCUT2D eigenvalue weighted by molar-refractivity contribution is -0.274. The molecule has 0 aliphatic heterocycles. The smallest absolute Gasteiger partial charge is 0.406 e. The van der Waals surface area contributed by atoms with Crippen molar-refractivity contribution in [3.63, 3.8) is 0 Å². The van der Waals surface area contributed by atoms with E-state index in [1.807, 2.05) is 13.8 Å². The number of alkyl halides is 3. The number of nitrogens with two attached hydrogens (primary N) is 1. The number of carbonyl (C=O) groups excluding carboxylic acids is 2. The van der Waals surface area contributed by atoms with Crippen LogP contribution in [0.5, 0.6) is 5.75 Å². The third-order valence-electron chi connectivity index (χ3n) is 6.56. The molecule has 0 fully saturated rings. The molecule has 0 aliphatic carbocycles. The Balaban J connectivity index is 1.92. The molecule has 0 radical (unpaired) electrons. The van der Waals surface area contributed by atoms with Crippen molar-refractivity contribution in [2.24, 2.45) is 5.90 Å². The Morgan fingerprint density at radius 2 is 1.77 bits per heavy atom. The summed E-state index contributed by atoms with van der Waals surface area (Å²) < 4.78 is 57.2. The van der Waals surface area contributed by atoms with Crippen LogP contribution in [-0.4, -0.2) is 62.4 Å². The van der Waals surface area contributed by atoms with Crippen molar-refractivity contribution in [2.75, 3.05) is 7.05 Å². The summed E-state index contributed by atoms with van der Waals surface area (Å²) in [7, 11) is 1.48. The molecule has 0 unspecified atom stereocenters. The summed E-state index contributed by atoms with van der Waals surface area (Å²) >= 11 is 0. The summed E-state index contributed by atoms with van der Waals surface area (Å²) in [6.07, 6.45) is -7.30. The topological polar surface area (TPSA) is 140 Å².